The number of benzene rings is 3. The van der Waals surface area contributed by atoms with Crippen LogP contribution >= 0.6 is 0 Å². The number of carboxylic acids is 1. The minimum absolute atomic E-state index is 0.0159. The van der Waals surface area contributed by atoms with Gasteiger partial charge in [-0.15, -0.1) is 0 Å². The van der Waals surface area contributed by atoms with Crippen LogP contribution in [0.25, 0.3) is 16.8 Å². The summed E-state index contributed by atoms with van der Waals surface area (Å²) < 4.78 is 18.4. The molecule has 1 atom stereocenters. The summed E-state index contributed by atoms with van der Waals surface area (Å²) in [6.07, 6.45) is 8.56. The maximum atomic E-state index is 13.8. The predicted octanol–water partition coefficient (Wildman–Crippen LogP) is 6.63. The van der Waals surface area contributed by atoms with Crippen LogP contribution in [0.1, 0.15) is 32.7 Å². The first-order chi connectivity index (χ1) is 17.3. The highest BCUT2D eigenvalue weighted by atomic mass is 32.2. The van der Waals surface area contributed by atoms with E-state index >= 15 is 0 Å². The van der Waals surface area contributed by atoms with Crippen molar-refractivity contribution in [2.24, 2.45) is 4.36 Å². The van der Waals surface area contributed by atoms with Gasteiger partial charge in [0.05, 0.1) is 31.4 Å². The van der Waals surface area contributed by atoms with Gasteiger partial charge in [-0.2, -0.15) is 4.36 Å². The molecule has 6 heteroatoms. The number of carbonyl (C=O) groups is 1. The molecule has 178 valence electrons. The number of nitrogens with zero attached hydrogens (tertiary/aromatic N) is 2. The molecule has 1 unspecified atom stereocenters. The van der Waals surface area contributed by atoms with Crippen molar-refractivity contribution in [1.82, 2.24) is 4.98 Å². The van der Waals surface area contributed by atoms with Crippen molar-refractivity contribution in [2.45, 2.75) is 11.8 Å². The summed E-state index contributed by atoms with van der Waals surface area (Å²) in [6.45, 7) is 5.64. The summed E-state index contributed by atoms with van der Waals surface area (Å²) >= 11 is 0. The quantitative estimate of drug-likeness (QED) is 0.251. The molecule has 36 heavy (non-hydrogen) atoms. The fourth-order valence-corrected chi connectivity index (χ4v) is 5.54. The summed E-state index contributed by atoms with van der Waals surface area (Å²) in [5, 5.41) is 10.7. The van der Waals surface area contributed by atoms with Gasteiger partial charge in [-0.25, -0.2) is 14.0 Å². The van der Waals surface area contributed by atoms with E-state index in [-0.39, 0.29) is 5.69 Å². The maximum Gasteiger partial charge on any atom is 0.355 e. The molecule has 0 aliphatic carbocycles. The number of rotatable bonds is 5. The number of hydrogen-bond donors (Lipinski definition) is 1. The number of carboxylic acid groups (broad SMARTS) is 1. The van der Waals surface area contributed by atoms with E-state index in [1.807, 2.05) is 67.6 Å². The second-order valence-corrected chi connectivity index (χ2v) is 10.3. The minimum Gasteiger partial charge on any atom is -0.476 e. The average Bonchev–Trinajstić information content (AvgIpc) is 2.87. The minimum atomic E-state index is -2.78. The van der Waals surface area contributed by atoms with Crippen LogP contribution in [-0.4, -0.2) is 26.5 Å². The summed E-state index contributed by atoms with van der Waals surface area (Å²) in [6, 6.07) is 20.1. The molecule has 0 bridgehead atoms. The van der Waals surface area contributed by atoms with Crippen molar-refractivity contribution in [3.05, 3.63) is 120 Å². The molecule has 0 spiro atoms. The van der Waals surface area contributed by atoms with Gasteiger partial charge in [0.15, 0.2) is 5.69 Å². The van der Waals surface area contributed by atoms with Crippen LogP contribution in [0.15, 0.2) is 101 Å². The Labute approximate surface area is 211 Å². The lowest BCUT2D eigenvalue weighted by molar-refractivity contribution is 0.0693. The fraction of sp³-hybridized carbons (Fsp3) is 0.0667. The van der Waals surface area contributed by atoms with Gasteiger partial charge in [-0.3, -0.25) is 0 Å². The predicted molar refractivity (Wildman–Crippen MR) is 146 cm³/mol. The average molecular weight is 493 g/mol. The van der Waals surface area contributed by atoms with E-state index in [2.05, 4.69) is 27.8 Å². The molecular weight excluding hydrogens is 468 g/mol. The zero-order chi connectivity index (χ0) is 25.7. The number of aromatic carboxylic acids is 1. The summed E-state index contributed by atoms with van der Waals surface area (Å²) in [5.74, 6) is 5.13. The highest BCUT2D eigenvalue weighted by molar-refractivity contribution is 7.93. The van der Waals surface area contributed by atoms with Gasteiger partial charge in [-0.05, 0) is 36.2 Å². The Morgan fingerprint density at radius 3 is 2.44 bits per heavy atom. The molecule has 1 N–H and O–H groups in total. The zero-order valence-electron chi connectivity index (χ0n) is 19.9. The first kappa shape index (κ1) is 24.6. The highest BCUT2D eigenvalue weighted by Gasteiger charge is 2.14. The third-order valence-electron chi connectivity index (χ3n) is 5.65. The van der Waals surface area contributed by atoms with E-state index in [9.17, 15) is 14.1 Å². The Balaban J connectivity index is 1.81. The van der Waals surface area contributed by atoms with Gasteiger partial charge in [0, 0.05) is 23.2 Å². The molecule has 0 saturated heterocycles. The number of allylic oxidation sites excluding steroid dienone is 2. The van der Waals surface area contributed by atoms with E-state index in [0.717, 1.165) is 11.1 Å². The maximum absolute atomic E-state index is 13.8. The largest absolute Gasteiger partial charge is 0.476 e. The van der Waals surface area contributed by atoms with E-state index in [0.29, 0.717) is 32.5 Å². The van der Waals surface area contributed by atoms with E-state index in [1.54, 1.807) is 30.5 Å². The molecule has 1 aromatic heterocycles. The Hall–Kier alpha value is -4.47. The SMILES string of the molecule is C=C/C=C\c1cccc(S(C)(=O)=Nc2ccccc2C#Cc2cnc(C(=O)O)c3ccccc23)c1C. The molecule has 0 aliphatic heterocycles. The molecule has 0 fully saturated rings. The molecule has 4 aromatic rings. The molecule has 4 rings (SSSR count). The van der Waals surface area contributed by atoms with Crippen LogP contribution in [0.2, 0.25) is 0 Å². The molecule has 0 radical (unpaired) electrons. The van der Waals surface area contributed by atoms with Gasteiger partial charge >= 0.3 is 5.97 Å². The lowest BCUT2D eigenvalue weighted by Crippen LogP contribution is -2.02. The second-order valence-electron chi connectivity index (χ2n) is 8.10. The standard InChI is InChI=1S/C30H24N2O3S/c1-4-5-11-22-13-10-17-28(21(22)2)36(3,35)32-27-16-9-6-12-23(27)18-19-24-20-31-29(30(33)34)26-15-8-7-14-25(24)26/h4-17,20H,1H2,2-3H3,(H,33,34)/b11-5-. The molecule has 0 amide bonds. The summed E-state index contributed by atoms with van der Waals surface area (Å²) in [4.78, 5) is 16.3. The smallest absolute Gasteiger partial charge is 0.355 e. The molecule has 3 aromatic carbocycles. The van der Waals surface area contributed by atoms with Crippen LogP contribution in [-0.2, 0) is 9.73 Å². The third-order valence-corrected chi connectivity index (χ3v) is 7.46. The number of hydrogen-bond acceptors (Lipinski definition) is 4. The fourth-order valence-electron chi connectivity index (χ4n) is 3.89. The monoisotopic (exact) mass is 492 g/mol. The van der Waals surface area contributed by atoms with Crippen LogP contribution in [0, 0.1) is 18.8 Å². The Morgan fingerprint density at radius 2 is 1.69 bits per heavy atom. The zero-order valence-corrected chi connectivity index (χ0v) is 20.8. The van der Waals surface area contributed by atoms with Crippen LogP contribution < -0.4 is 0 Å². The first-order valence-electron chi connectivity index (χ1n) is 11.1. The third kappa shape index (κ3) is 5.12. The Bertz CT molecular complexity index is 1720. The number of aromatic nitrogens is 1. The van der Waals surface area contributed by atoms with Crippen molar-refractivity contribution >= 4 is 38.2 Å². The Kier molecular flexibility index (Phi) is 7.14. The van der Waals surface area contributed by atoms with Crippen molar-refractivity contribution in [3.8, 4) is 11.8 Å². The van der Waals surface area contributed by atoms with Gasteiger partial charge in [-0.1, -0.05) is 85.2 Å². The highest BCUT2D eigenvalue weighted by Crippen LogP contribution is 2.27. The van der Waals surface area contributed by atoms with Gasteiger partial charge in [0.25, 0.3) is 0 Å². The summed E-state index contributed by atoms with van der Waals surface area (Å²) in [5.41, 5.74) is 3.56. The lowest BCUT2D eigenvalue weighted by atomic mass is 10.0. The second kappa shape index (κ2) is 10.4. The lowest BCUT2D eigenvalue weighted by Gasteiger charge is -2.11. The van der Waals surface area contributed by atoms with E-state index < -0.39 is 15.7 Å². The van der Waals surface area contributed by atoms with Crippen molar-refractivity contribution in [3.63, 3.8) is 0 Å². The van der Waals surface area contributed by atoms with Gasteiger partial charge < -0.3 is 5.11 Å². The molecule has 0 aliphatic rings. The van der Waals surface area contributed by atoms with Crippen molar-refractivity contribution < 1.29 is 14.1 Å². The normalized spacial score (nSPS) is 12.5. The first-order valence-corrected chi connectivity index (χ1v) is 13.1. The van der Waals surface area contributed by atoms with Crippen LogP contribution in [0.4, 0.5) is 5.69 Å². The van der Waals surface area contributed by atoms with Gasteiger partial charge in [0.1, 0.15) is 0 Å². The molecule has 1 heterocycles. The summed E-state index contributed by atoms with van der Waals surface area (Å²) in [7, 11) is -2.78. The van der Waals surface area contributed by atoms with E-state index in [4.69, 9.17) is 0 Å². The molecule has 5 nitrogen and oxygen atoms in total. The topological polar surface area (TPSA) is 79.6 Å². The van der Waals surface area contributed by atoms with Gasteiger partial charge in [0.2, 0.25) is 0 Å². The number of pyridine rings is 1. The van der Waals surface area contributed by atoms with E-state index in [1.165, 1.54) is 6.20 Å². The molecule has 0 saturated carbocycles. The molecular formula is C30H24N2O3S. The van der Waals surface area contributed by atoms with Crippen LogP contribution in [0.5, 0.6) is 0 Å². The number of fused-ring (bicyclic) bond motifs is 1. The van der Waals surface area contributed by atoms with Crippen molar-refractivity contribution in [1.29, 1.82) is 0 Å². The Morgan fingerprint density at radius 1 is 1.00 bits per heavy atom. The van der Waals surface area contributed by atoms with Crippen LogP contribution in [0.3, 0.4) is 0 Å². The van der Waals surface area contributed by atoms with Crippen molar-refractivity contribution in [2.75, 3.05) is 6.26 Å².